The molecule has 154 valence electrons. The summed E-state index contributed by atoms with van der Waals surface area (Å²) in [5.74, 6) is 1.85. The van der Waals surface area contributed by atoms with Gasteiger partial charge in [0.05, 0.1) is 17.6 Å². The summed E-state index contributed by atoms with van der Waals surface area (Å²) in [4.78, 5) is 19.4. The molecule has 2 N–H and O–H groups in total. The minimum Gasteiger partial charge on any atom is -0.494 e. The molecule has 0 fully saturated rings. The van der Waals surface area contributed by atoms with Crippen molar-refractivity contribution in [3.05, 3.63) is 59.4 Å². The molecule has 2 aromatic carbocycles. The van der Waals surface area contributed by atoms with Gasteiger partial charge < -0.3 is 19.9 Å². The number of carbonyl (C=O) groups excluding carboxylic acids is 1. The van der Waals surface area contributed by atoms with Gasteiger partial charge in [-0.3, -0.25) is 4.79 Å². The van der Waals surface area contributed by atoms with Crippen molar-refractivity contribution in [1.29, 1.82) is 0 Å². The summed E-state index contributed by atoms with van der Waals surface area (Å²) in [5, 5.41) is 0. The summed E-state index contributed by atoms with van der Waals surface area (Å²) < 4.78 is 7.67. The summed E-state index contributed by atoms with van der Waals surface area (Å²) in [7, 11) is 0. The monoisotopic (exact) mass is 394 g/mol. The SMILES string of the molecule is CCOc1ccc(Cc2nc3cc(C(=O)N(CC)CC)ccc3n2CCN)cc1. The predicted octanol–water partition coefficient (Wildman–Crippen LogP) is 3.47. The number of imidazole rings is 1. The first-order valence-electron chi connectivity index (χ1n) is 10.3. The van der Waals surface area contributed by atoms with Crippen LogP contribution in [0.5, 0.6) is 5.75 Å². The lowest BCUT2D eigenvalue weighted by Gasteiger charge is -2.18. The summed E-state index contributed by atoms with van der Waals surface area (Å²) >= 11 is 0. The van der Waals surface area contributed by atoms with Crippen LogP contribution in [0.15, 0.2) is 42.5 Å². The maximum Gasteiger partial charge on any atom is 0.253 e. The number of ether oxygens (including phenoxy) is 1. The van der Waals surface area contributed by atoms with Crippen LogP contribution in [0.2, 0.25) is 0 Å². The molecule has 0 spiro atoms. The van der Waals surface area contributed by atoms with E-state index in [9.17, 15) is 4.79 Å². The Morgan fingerprint density at radius 2 is 1.83 bits per heavy atom. The van der Waals surface area contributed by atoms with Crippen molar-refractivity contribution in [3.8, 4) is 5.75 Å². The van der Waals surface area contributed by atoms with Crippen LogP contribution < -0.4 is 10.5 Å². The Balaban J connectivity index is 1.94. The third-order valence-corrected chi connectivity index (χ3v) is 5.07. The molecule has 0 radical (unpaired) electrons. The van der Waals surface area contributed by atoms with E-state index in [1.807, 2.05) is 56.0 Å². The maximum absolute atomic E-state index is 12.7. The van der Waals surface area contributed by atoms with Gasteiger partial charge in [-0.1, -0.05) is 12.1 Å². The Morgan fingerprint density at radius 3 is 2.45 bits per heavy atom. The molecule has 0 unspecified atom stereocenters. The summed E-state index contributed by atoms with van der Waals surface area (Å²) in [6.45, 7) is 9.21. The van der Waals surface area contributed by atoms with Gasteiger partial charge in [-0.2, -0.15) is 0 Å². The van der Waals surface area contributed by atoms with E-state index >= 15 is 0 Å². The van der Waals surface area contributed by atoms with Gasteiger partial charge in [0.25, 0.3) is 5.91 Å². The molecule has 1 aromatic heterocycles. The van der Waals surface area contributed by atoms with Gasteiger partial charge in [-0.25, -0.2) is 4.98 Å². The molecule has 1 amide bonds. The first kappa shape index (κ1) is 20.9. The number of nitrogens with zero attached hydrogens (tertiary/aromatic N) is 3. The molecule has 0 saturated carbocycles. The fraction of sp³-hybridized carbons (Fsp3) is 0.391. The van der Waals surface area contributed by atoms with Crippen molar-refractivity contribution in [1.82, 2.24) is 14.5 Å². The highest BCUT2D eigenvalue weighted by atomic mass is 16.5. The molecule has 0 aliphatic heterocycles. The standard InChI is InChI=1S/C23H30N4O2/c1-4-26(5-2)23(28)18-9-12-21-20(16-18)25-22(27(21)14-13-24)15-17-7-10-19(11-8-17)29-6-3/h7-12,16H,4-6,13-15,24H2,1-3H3. The van der Waals surface area contributed by atoms with Crippen molar-refractivity contribution < 1.29 is 9.53 Å². The van der Waals surface area contributed by atoms with E-state index in [-0.39, 0.29) is 5.91 Å². The van der Waals surface area contributed by atoms with Crippen molar-refractivity contribution in [2.75, 3.05) is 26.2 Å². The molecular weight excluding hydrogens is 364 g/mol. The van der Waals surface area contributed by atoms with E-state index in [0.29, 0.717) is 44.8 Å². The van der Waals surface area contributed by atoms with Gasteiger partial charge in [-0.15, -0.1) is 0 Å². The van der Waals surface area contributed by atoms with Crippen LogP contribution in [-0.4, -0.2) is 46.6 Å². The summed E-state index contributed by atoms with van der Waals surface area (Å²) in [6, 6.07) is 13.9. The zero-order valence-corrected chi connectivity index (χ0v) is 17.5. The highest BCUT2D eigenvalue weighted by Gasteiger charge is 2.16. The molecule has 0 bridgehead atoms. The lowest BCUT2D eigenvalue weighted by molar-refractivity contribution is 0.0773. The van der Waals surface area contributed by atoms with Crippen LogP contribution >= 0.6 is 0 Å². The Hall–Kier alpha value is -2.86. The largest absolute Gasteiger partial charge is 0.494 e. The number of carbonyl (C=O) groups is 1. The van der Waals surface area contributed by atoms with Gasteiger partial charge in [0, 0.05) is 38.2 Å². The predicted molar refractivity (Wildman–Crippen MR) is 116 cm³/mol. The Labute approximate surface area is 172 Å². The third-order valence-electron chi connectivity index (χ3n) is 5.07. The van der Waals surface area contributed by atoms with E-state index < -0.39 is 0 Å². The van der Waals surface area contributed by atoms with Crippen molar-refractivity contribution in [2.24, 2.45) is 5.73 Å². The molecule has 0 aliphatic carbocycles. The molecule has 3 aromatic rings. The topological polar surface area (TPSA) is 73.4 Å². The first-order valence-corrected chi connectivity index (χ1v) is 10.3. The molecular formula is C23H30N4O2. The number of benzene rings is 2. The van der Waals surface area contributed by atoms with Crippen molar-refractivity contribution in [3.63, 3.8) is 0 Å². The average Bonchev–Trinajstić information content (AvgIpc) is 3.07. The van der Waals surface area contributed by atoms with Gasteiger partial charge >= 0.3 is 0 Å². The van der Waals surface area contributed by atoms with Crippen LogP contribution in [0.4, 0.5) is 0 Å². The van der Waals surface area contributed by atoms with Crippen LogP contribution in [0, 0.1) is 0 Å². The van der Waals surface area contributed by atoms with Gasteiger partial charge in [-0.05, 0) is 56.7 Å². The zero-order chi connectivity index (χ0) is 20.8. The normalized spacial score (nSPS) is 11.0. The third kappa shape index (κ3) is 4.59. The second-order valence-electron chi connectivity index (χ2n) is 6.90. The highest BCUT2D eigenvalue weighted by molar-refractivity contribution is 5.97. The number of amides is 1. The Bertz CT molecular complexity index is 959. The van der Waals surface area contributed by atoms with Gasteiger partial charge in [0.2, 0.25) is 0 Å². The Morgan fingerprint density at radius 1 is 1.10 bits per heavy atom. The number of fused-ring (bicyclic) bond motifs is 1. The molecule has 3 rings (SSSR count). The quantitative estimate of drug-likeness (QED) is 0.603. The number of hydrogen-bond donors (Lipinski definition) is 1. The fourth-order valence-corrected chi connectivity index (χ4v) is 3.57. The van der Waals surface area contributed by atoms with Crippen LogP contribution in [-0.2, 0) is 13.0 Å². The minimum atomic E-state index is 0.0401. The van der Waals surface area contributed by atoms with Crippen LogP contribution in [0.25, 0.3) is 11.0 Å². The smallest absolute Gasteiger partial charge is 0.253 e. The number of aromatic nitrogens is 2. The summed E-state index contributed by atoms with van der Waals surface area (Å²) in [6.07, 6.45) is 0.695. The lowest BCUT2D eigenvalue weighted by atomic mass is 10.1. The number of hydrogen-bond acceptors (Lipinski definition) is 4. The lowest BCUT2D eigenvalue weighted by Crippen LogP contribution is -2.30. The van der Waals surface area contributed by atoms with E-state index in [2.05, 4.69) is 16.7 Å². The zero-order valence-electron chi connectivity index (χ0n) is 17.5. The molecule has 0 saturated heterocycles. The van der Waals surface area contributed by atoms with Crippen molar-refractivity contribution >= 4 is 16.9 Å². The number of nitrogens with two attached hydrogens (primary N) is 1. The molecule has 0 aliphatic rings. The first-order chi connectivity index (χ1) is 14.1. The molecule has 6 heteroatoms. The maximum atomic E-state index is 12.7. The number of rotatable bonds is 9. The summed E-state index contributed by atoms with van der Waals surface area (Å²) in [5.41, 5.74) is 9.52. The molecule has 1 heterocycles. The van der Waals surface area contributed by atoms with E-state index in [1.54, 1.807) is 0 Å². The van der Waals surface area contributed by atoms with Crippen molar-refractivity contribution in [2.45, 2.75) is 33.7 Å². The van der Waals surface area contributed by atoms with Gasteiger partial charge in [0.15, 0.2) is 0 Å². The van der Waals surface area contributed by atoms with Gasteiger partial charge in [0.1, 0.15) is 11.6 Å². The fourth-order valence-electron chi connectivity index (χ4n) is 3.57. The highest BCUT2D eigenvalue weighted by Crippen LogP contribution is 2.22. The van der Waals surface area contributed by atoms with E-state index in [0.717, 1.165) is 28.2 Å². The van der Waals surface area contributed by atoms with Crippen LogP contribution in [0.1, 0.15) is 42.5 Å². The minimum absolute atomic E-state index is 0.0401. The Kier molecular flexibility index (Phi) is 6.88. The average molecular weight is 395 g/mol. The molecule has 29 heavy (non-hydrogen) atoms. The van der Waals surface area contributed by atoms with E-state index in [1.165, 1.54) is 0 Å². The van der Waals surface area contributed by atoms with E-state index in [4.69, 9.17) is 15.5 Å². The second-order valence-corrected chi connectivity index (χ2v) is 6.90. The van der Waals surface area contributed by atoms with Crippen LogP contribution in [0.3, 0.4) is 0 Å². The molecule has 6 nitrogen and oxygen atoms in total. The molecule has 0 atom stereocenters. The second kappa shape index (κ2) is 9.56.